The molecule has 2 nitrogen and oxygen atoms in total. The van der Waals surface area contributed by atoms with E-state index in [2.05, 4.69) is 74.0 Å². The molecule has 0 radical (unpaired) electrons. The normalized spacial score (nSPS) is 16.2. The van der Waals surface area contributed by atoms with E-state index in [1.807, 2.05) is 12.4 Å². The van der Waals surface area contributed by atoms with Crippen LogP contribution in [-0.2, 0) is 0 Å². The zero-order valence-electron chi connectivity index (χ0n) is 10.1. The van der Waals surface area contributed by atoms with Gasteiger partial charge in [0.1, 0.15) is 5.82 Å². The van der Waals surface area contributed by atoms with Crippen LogP contribution in [0, 0.1) is 0 Å². The Morgan fingerprint density at radius 3 is 2.84 bits per heavy atom. The van der Waals surface area contributed by atoms with Crippen molar-refractivity contribution >= 4 is 15.9 Å². The van der Waals surface area contributed by atoms with E-state index in [4.69, 9.17) is 0 Å². The number of hydrogen-bond donors (Lipinski definition) is 0. The van der Waals surface area contributed by atoms with Gasteiger partial charge in [-0.2, -0.15) is 0 Å². The van der Waals surface area contributed by atoms with E-state index >= 15 is 0 Å². The van der Waals surface area contributed by atoms with Gasteiger partial charge in [-0.1, -0.05) is 46.3 Å². The van der Waals surface area contributed by atoms with Crippen LogP contribution in [0.1, 0.15) is 22.9 Å². The fourth-order valence-corrected chi connectivity index (χ4v) is 3.25. The molecular weight excluding hydrogens is 300 g/mol. The number of nitrogens with zero attached hydrogens (tertiary/aromatic N) is 2. The van der Waals surface area contributed by atoms with Crippen LogP contribution >= 0.6 is 15.9 Å². The fourth-order valence-electron chi connectivity index (χ4n) is 2.84. The lowest BCUT2D eigenvalue weighted by Gasteiger charge is -2.11. The number of imidazole rings is 1. The summed E-state index contributed by atoms with van der Waals surface area (Å²) in [6, 6.07) is 17.0. The highest BCUT2D eigenvalue weighted by atomic mass is 79.9. The smallest absolute Gasteiger partial charge is 0.125 e. The van der Waals surface area contributed by atoms with Gasteiger partial charge in [0.25, 0.3) is 0 Å². The molecule has 0 saturated carbocycles. The summed E-state index contributed by atoms with van der Waals surface area (Å²) in [5.74, 6) is 1.32. The van der Waals surface area contributed by atoms with Crippen molar-refractivity contribution in [2.75, 3.05) is 0 Å². The van der Waals surface area contributed by atoms with Crippen molar-refractivity contribution in [2.45, 2.75) is 5.92 Å². The molecule has 0 spiro atoms. The molecule has 0 N–H and O–H groups in total. The van der Waals surface area contributed by atoms with Crippen molar-refractivity contribution in [2.24, 2.45) is 0 Å². The van der Waals surface area contributed by atoms with Crippen LogP contribution in [0.2, 0.25) is 0 Å². The Balaban J connectivity index is 1.99. The molecule has 0 saturated heterocycles. The molecule has 1 aliphatic rings. The lowest BCUT2D eigenvalue weighted by atomic mass is 9.92. The van der Waals surface area contributed by atoms with Gasteiger partial charge in [0.2, 0.25) is 0 Å². The van der Waals surface area contributed by atoms with Crippen molar-refractivity contribution in [1.29, 1.82) is 0 Å². The molecule has 4 rings (SSSR count). The first-order chi connectivity index (χ1) is 9.34. The van der Waals surface area contributed by atoms with Crippen LogP contribution in [-0.4, -0.2) is 9.55 Å². The first kappa shape index (κ1) is 11.0. The third-order valence-corrected chi connectivity index (χ3v) is 4.11. The number of halogens is 1. The average molecular weight is 311 g/mol. The number of aromatic nitrogens is 2. The highest BCUT2D eigenvalue weighted by Gasteiger charge is 2.30. The minimum Gasteiger partial charge on any atom is -0.303 e. The molecule has 0 aliphatic carbocycles. The van der Waals surface area contributed by atoms with Crippen molar-refractivity contribution in [3.05, 3.63) is 82.3 Å². The van der Waals surface area contributed by atoms with Crippen molar-refractivity contribution in [3.63, 3.8) is 0 Å². The Morgan fingerprint density at radius 2 is 1.95 bits per heavy atom. The Morgan fingerprint density at radius 1 is 1.05 bits per heavy atom. The number of benzene rings is 2. The molecule has 1 aliphatic heterocycles. The predicted molar refractivity (Wildman–Crippen MR) is 78.7 cm³/mol. The van der Waals surface area contributed by atoms with Crippen molar-refractivity contribution < 1.29 is 0 Å². The maximum absolute atomic E-state index is 4.55. The molecule has 0 amide bonds. The summed E-state index contributed by atoms with van der Waals surface area (Å²) in [6.07, 6.45) is 3.91. The first-order valence-corrected chi connectivity index (χ1v) is 7.02. The molecule has 19 heavy (non-hydrogen) atoms. The number of para-hydroxylation sites is 1. The van der Waals surface area contributed by atoms with Crippen molar-refractivity contribution in [1.82, 2.24) is 9.55 Å². The van der Waals surface area contributed by atoms with E-state index in [1.54, 1.807) is 0 Å². The fraction of sp³-hybridized carbons (Fsp3) is 0.0625. The zero-order chi connectivity index (χ0) is 12.8. The second-order valence-electron chi connectivity index (χ2n) is 4.70. The highest BCUT2D eigenvalue weighted by Crippen LogP contribution is 2.41. The lowest BCUT2D eigenvalue weighted by molar-refractivity contribution is 0.898. The Hall–Kier alpha value is -1.87. The van der Waals surface area contributed by atoms with Gasteiger partial charge in [-0.05, 0) is 29.3 Å². The minimum absolute atomic E-state index is 0.226. The van der Waals surface area contributed by atoms with Gasteiger partial charge in [0.05, 0.1) is 11.6 Å². The van der Waals surface area contributed by atoms with E-state index in [0.29, 0.717) is 0 Å². The van der Waals surface area contributed by atoms with Gasteiger partial charge in [0.15, 0.2) is 0 Å². The molecule has 1 unspecified atom stereocenters. The monoisotopic (exact) mass is 310 g/mol. The Kier molecular flexibility index (Phi) is 2.35. The van der Waals surface area contributed by atoms with E-state index in [9.17, 15) is 0 Å². The largest absolute Gasteiger partial charge is 0.303 e. The minimum atomic E-state index is 0.226. The zero-order valence-corrected chi connectivity index (χ0v) is 11.7. The molecule has 0 fully saturated rings. The molecule has 0 bridgehead atoms. The summed E-state index contributed by atoms with van der Waals surface area (Å²) >= 11 is 3.55. The number of fused-ring (bicyclic) bond motifs is 3. The SMILES string of the molecule is Brc1cccc(C2c3ccccc3-n3ccnc32)c1. The summed E-state index contributed by atoms with van der Waals surface area (Å²) in [5.41, 5.74) is 3.83. The van der Waals surface area contributed by atoms with Gasteiger partial charge in [0, 0.05) is 16.9 Å². The summed E-state index contributed by atoms with van der Waals surface area (Å²) < 4.78 is 3.29. The van der Waals surface area contributed by atoms with Crippen LogP contribution in [0.4, 0.5) is 0 Å². The third kappa shape index (κ3) is 1.58. The van der Waals surface area contributed by atoms with Crippen LogP contribution < -0.4 is 0 Å². The molecule has 3 aromatic rings. The second-order valence-corrected chi connectivity index (χ2v) is 5.62. The van der Waals surface area contributed by atoms with Crippen LogP contribution in [0.3, 0.4) is 0 Å². The van der Waals surface area contributed by atoms with E-state index < -0.39 is 0 Å². The molecule has 2 aromatic carbocycles. The lowest BCUT2D eigenvalue weighted by Crippen LogP contribution is -2.00. The summed E-state index contributed by atoms with van der Waals surface area (Å²) in [4.78, 5) is 4.55. The van der Waals surface area contributed by atoms with Gasteiger partial charge in [-0.25, -0.2) is 4.98 Å². The van der Waals surface area contributed by atoms with Gasteiger partial charge >= 0.3 is 0 Å². The maximum Gasteiger partial charge on any atom is 0.125 e. The Bertz CT molecular complexity index is 761. The molecule has 1 aromatic heterocycles. The molecule has 3 heteroatoms. The topological polar surface area (TPSA) is 17.8 Å². The summed E-state index contributed by atoms with van der Waals surface area (Å²) in [5, 5.41) is 0. The molecule has 92 valence electrons. The van der Waals surface area contributed by atoms with Gasteiger partial charge in [-0.3, -0.25) is 0 Å². The third-order valence-electron chi connectivity index (χ3n) is 3.62. The van der Waals surface area contributed by atoms with Crippen molar-refractivity contribution in [3.8, 4) is 5.69 Å². The predicted octanol–water partition coefficient (Wildman–Crippen LogP) is 4.13. The van der Waals surface area contributed by atoms with Crippen LogP contribution in [0.5, 0.6) is 0 Å². The number of rotatable bonds is 1. The molecular formula is C16H11BrN2. The standard InChI is InChI=1S/C16H11BrN2/c17-12-5-3-4-11(10-12)15-13-6-1-2-7-14(13)19-9-8-18-16(15)19/h1-10,15H. The first-order valence-electron chi connectivity index (χ1n) is 6.22. The quantitative estimate of drug-likeness (QED) is 0.517. The van der Waals surface area contributed by atoms with E-state index in [-0.39, 0.29) is 5.92 Å². The van der Waals surface area contributed by atoms with Crippen LogP contribution in [0.25, 0.3) is 5.69 Å². The van der Waals surface area contributed by atoms with E-state index in [0.717, 1.165) is 10.3 Å². The molecule has 2 heterocycles. The number of hydrogen-bond acceptors (Lipinski definition) is 1. The second kappa shape index (κ2) is 4.07. The van der Waals surface area contributed by atoms with Gasteiger partial charge < -0.3 is 4.57 Å². The van der Waals surface area contributed by atoms with Crippen LogP contribution in [0.15, 0.2) is 65.4 Å². The van der Waals surface area contributed by atoms with Gasteiger partial charge in [-0.15, -0.1) is 0 Å². The Labute approximate surface area is 119 Å². The summed E-state index contributed by atoms with van der Waals surface area (Å²) in [7, 11) is 0. The average Bonchev–Trinajstić information content (AvgIpc) is 2.98. The maximum atomic E-state index is 4.55. The molecule has 1 atom stereocenters. The highest BCUT2D eigenvalue weighted by molar-refractivity contribution is 9.10. The summed E-state index contributed by atoms with van der Waals surface area (Å²) in [6.45, 7) is 0. The van der Waals surface area contributed by atoms with E-state index in [1.165, 1.54) is 16.8 Å².